The van der Waals surface area contributed by atoms with Gasteiger partial charge in [-0.15, -0.1) is 0 Å². The van der Waals surface area contributed by atoms with Crippen molar-refractivity contribution in [1.29, 1.82) is 0 Å². The highest BCUT2D eigenvalue weighted by atomic mass is 32.2. The number of nitrogens with zero attached hydrogens (tertiary/aromatic N) is 1. The molecule has 0 radical (unpaired) electrons. The lowest BCUT2D eigenvalue weighted by molar-refractivity contribution is -0.118. The van der Waals surface area contributed by atoms with Gasteiger partial charge in [-0.3, -0.25) is 9.79 Å². The predicted octanol–water partition coefficient (Wildman–Crippen LogP) is 2.36. The maximum Gasteiger partial charge on any atom is 0.244 e. The molecule has 3 nitrogen and oxygen atoms in total. The van der Waals surface area contributed by atoms with E-state index >= 15 is 0 Å². The number of rotatable bonds is 2. The lowest BCUT2D eigenvalue weighted by Crippen LogP contribution is -2.22. The van der Waals surface area contributed by atoms with E-state index in [1.807, 2.05) is 44.2 Å². The summed E-state index contributed by atoms with van der Waals surface area (Å²) in [6, 6.07) is 9.98. The predicted molar refractivity (Wildman–Crippen MR) is 67.5 cm³/mol. The molecule has 1 fully saturated rings. The maximum absolute atomic E-state index is 11.8. The number of nitrogens with one attached hydrogen (secondary N) is 1. The molecule has 1 aliphatic rings. The molecule has 1 aromatic rings. The Bertz CT molecular complexity index is 414. The van der Waals surface area contributed by atoms with Gasteiger partial charge < -0.3 is 5.32 Å². The van der Waals surface area contributed by atoms with Crippen molar-refractivity contribution in [1.82, 2.24) is 5.32 Å². The van der Waals surface area contributed by atoms with E-state index < -0.39 is 0 Å². The SMILES string of the molecule is CC(C)N=C1NC(=O)C(c2ccccc2)S1. The van der Waals surface area contributed by atoms with Crippen LogP contribution in [0.4, 0.5) is 0 Å². The number of hydrogen-bond acceptors (Lipinski definition) is 3. The van der Waals surface area contributed by atoms with Crippen LogP contribution in [0.3, 0.4) is 0 Å². The molecule has 1 heterocycles. The first-order valence-corrected chi connectivity index (χ1v) is 6.15. The fraction of sp³-hybridized carbons (Fsp3) is 0.333. The molecule has 1 saturated heterocycles. The number of carbonyl (C=O) groups is 1. The van der Waals surface area contributed by atoms with Gasteiger partial charge in [0.05, 0.1) is 0 Å². The van der Waals surface area contributed by atoms with Gasteiger partial charge in [-0.05, 0) is 19.4 Å². The number of aliphatic imine (C=N–C) groups is 1. The maximum atomic E-state index is 11.8. The van der Waals surface area contributed by atoms with Gasteiger partial charge in [0.25, 0.3) is 0 Å². The van der Waals surface area contributed by atoms with Gasteiger partial charge in [0.1, 0.15) is 5.25 Å². The van der Waals surface area contributed by atoms with E-state index in [1.165, 1.54) is 11.8 Å². The van der Waals surface area contributed by atoms with E-state index in [0.29, 0.717) is 0 Å². The van der Waals surface area contributed by atoms with E-state index in [2.05, 4.69) is 10.3 Å². The van der Waals surface area contributed by atoms with Gasteiger partial charge in [-0.1, -0.05) is 42.1 Å². The molecule has 1 aliphatic heterocycles. The third kappa shape index (κ3) is 2.44. The van der Waals surface area contributed by atoms with Crippen molar-refractivity contribution in [2.75, 3.05) is 0 Å². The molecule has 0 aromatic heterocycles. The van der Waals surface area contributed by atoms with Gasteiger partial charge >= 0.3 is 0 Å². The zero-order valence-corrected chi connectivity index (χ0v) is 10.1. The van der Waals surface area contributed by atoms with E-state index in [1.54, 1.807) is 0 Å². The van der Waals surface area contributed by atoms with E-state index in [-0.39, 0.29) is 17.2 Å². The molecule has 0 spiro atoms. The third-order valence-electron chi connectivity index (χ3n) is 2.18. The number of amidine groups is 1. The van der Waals surface area contributed by atoms with Crippen LogP contribution in [0.1, 0.15) is 24.7 Å². The van der Waals surface area contributed by atoms with Crippen molar-refractivity contribution in [2.24, 2.45) is 4.99 Å². The summed E-state index contributed by atoms with van der Waals surface area (Å²) in [6.45, 7) is 3.99. The number of amides is 1. The standard InChI is InChI=1S/C12H14N2OS/c1-8(2)13-12-14-11(15)10(16-12)9-6-4-3-5-7-9/h3-8,10H,1-2H3,(H,13,14,15). The van der Waals surface area contributed by atoms with Crippen LogP contribution in [-0.4, -0.2) is 17.1 Å². The van der Waals surface area contributed by atoms with E-state index in [4.69, 9.17) is 0 Å². The molecule has 1 amide bonds. The quantitative estimate of drug-likeness (QED) is 0.853. The molecule has 16 heavy (non-hydrogen) atoms. The molecule has 1 unspecified atom stereocenters. The fourth-order valence-corrected chi connectivity index (χ4v) is 2.62. The summed E-state index contributed by atoms with van der Waals surface area (Å²) in [5, 5.41) is 3.38. The van der Waals surface area contributed by atoms with Crippen molar-refractivity contribution in [3.05, 3.63) is 35.9 Å². The van der Waals surface area contributed by atoms with E-state index in [9.17, 15) is 4.79 Å². The second-order valence-corrected chi connectivity index (χ2v) is 5.02. The molecular formula is C12H14N2OS. The zero-order valence-electron chi connectivity index (χ0n) is 9.31. The number of benzene rings is 1. The van der Waals surface area contributed by atoms with Crippen LogP contribution in [0.2, 0.25) is 0 Å². The lowest BCUT2D eigenvalue weighted by atomic mass is 10.1. The lowest BCUT2D eigenvalue weighted by Gasteiger charge is -2.04. The second-order valence-electron chi connectivity index (χ2n) is 3.93. The Kier molecular flexibility index (Phi) is 3.29. The van der Waals surface area contributed by atoms with Crippen LogP contribution in [0, 0.1) is 0 Å². The smallest absolute Gasteiger partial charge is 0.244 e. The second kappa shape index (κ2) is 4.70. The summed E-state index contributed by atoms with van der Waals surface area (Å²) in [7, 11) is 0. The van der Waals surface area contributed by atoms with E-state index in [0.717, 1.165) is 10.7 Å². The molecular weight excluding hydrogens is 220 g/mol. The highest BCUT2D eigenvalue weighted by molar-refractivity contribution is 8.15. The molecule has 4 heteroatoms. The first-order valence-electron chi connectivity index (χ1n) is 5.27. The molecule has 0 bridgehead atoms. The number of carbonyl (C=O) groups excluding carboxylic acids is 1. The average molecular weight is 234 g/mol. The molecule has 0 saturated carbocycles. The average Bonchev–Trinajstić information content (AvgIpc) is 2.60. The number of thioether (sulfide) groups is 1. The van der Waals surface area contributed by atoms with Crippen molar-refractivity contribution in [3.63, 3.8) is 0 Å². The largest absolute Gasteiger partial charge is 0.304 e. The van der Waals surface area contributed by atoms with Gasteiger partial charge in [-0.2, -0.15) is 0 Å². The summed E-state index contributed by atoms with van der Waals surface area (Å²) in [5.41, 5.74) is 1.03. The van der Waals surface area contributed by atoms with Crippen LogP contribution >= 0.6 is 11.8 Å². The summed E-state index contributed by atoms with van der Waals surface area (Å²) in [6.07, 6.45) is 0. The van der Waals surface area contributed by atoms with Crippen molar-refractivity contribution in [2.45, 2.75) is 25.1 Å². The van der Waals surface area contributed by atoms with Crippen LogP contribution in [0.25, 0.3) is 0 Å². The molecule has 84 valence electrons. The minimum Gasteiger partial charge on any atom is -0.304 e. The Balaban J connectivity index is 2.18. The highest BCUT2D eigenvalue weighted by Gasteiger charge is 2.31. The van der Waals surface area contributed by atoms with Gasteiger partial charge in [0.2, 0.25) is 5.91 Å². The van der Waals surface area contributed by atoms with Crippen LogP contribution in [0.5, 0.6) is 0 Å². The molecule has 1 N–H and O–H groups in total. The minimum atomic E-state index is -0.154. The summed E-state index contributed by atoms with van der Waals surface area (Å²) in [5.74, 6) is 0.0237. The molecule has 1 aromatic carbocycles. The van der Waals surface area contributed by atoms with Crippen LogP contribution in [-0.2, 0) is 4.79 Å². The Morgan fingerprint density at radius 2 is 2.00 bits per heavy atom. The Labute approximate surface area is 99.3 Å². The normalized spacial score (nSPS) is 22.8. The molecule has 2 rings (SSSR count). The Morgan fingerprint density at radius 1 is 1.31 bits per heavy atom. The minimum absolute atomic E-state index is 0.0237. The van der Waals surface area contributed by atoms with Crippen molar-refractivity contribution in [3.8, 4) is 0 Å². The van der Waals surface area contributed by atoms with Gasteiger partial charge in [-0.25, -0.2) is 0 Å². The summed E-state index contributed by atoms with van der Waals surface area (Å²) >= 11 is 1.49. The fourth-order valence-electron chi connectivity index (χ4n) is 1.51. The van der Waals surface area contributed by atoms with Crippen LogP contribution in [0.15, 0.2) is 35.3 Å². The molecule has 1 atom stereocenters. The molecule has 0 aliphatic carbocycles. The zero-order chi connectivity index (χ0) is 11.5. The Hall–Kier alpha value is -1.29. The summed E-state index contributed by atoms with van der Waals surface area (Å²) < 4.78 is 0. The highest BCUT2D eigenvalue weighted by Crippen LogP contribution is 2.34. The first-order chi connectivity index (χ1) is 7.66. The monoisotopic (exact) mass is 234 g/mol. The first kappa shape index (κ1) is 11.2. The van der Waals surface area contributed by atoms with Crippen molar-refractivity contribution < 1.29 is 4.79 Å². The third-order valence-corrected chi connectivity index (χ3v) is 3.33. The summed E-state index contributed by atoms with van der Waals surface area (Å²) in [4.78, 5) is 16.1. The van der Waals surface area contributed by atoms with Crippen molar-refractivity contribution >= 4 is 22.8 Å². The topological polar surface area (TPSA) is 41.5 Å². The number of hydrogen-bond donors (Lipinski definition) is 1. The van der Waals surface area contributed by atoms with Gasteiger partial charge in [0.15, 0.2) is 5.17 Å². The van der Waals surface area contributed by atoms with Crippen LogP contribution < -0.4 is 5.32 Å². The van der Waals surface area contributed by atoms with Gasteiger partial charge in [0, 0.05) is 6.04 Å². The Morgan fingerprint density at radius 3 is 2.62 bits per heavy atom.